The number of nitro groups is 1. The van der Waals surface area contributed by atoms with E-state index in [0.717, 1.165) is 17.4 Å². The number of hydrogen-bond donors (Lipinski definition) is 1. The van der Waals surface area contributed by atoms with E-state index in [0.29, 0.717) is 12.3 Å². The summed E-state index contributed by atoms with van der Waals surface area (Å²) in [7, 11) is -0.674. The van der Waals surface area contributed by atoms with E-state index in [1.54, 1.807) is 0 Å². The van der Waals surface area contributed by atoms with E-state index in [1.807, 2.05) is 6.26 Å². The molecule has 1 rings (SSSR count). The summed E-state index contributed by atoms with van der Waals surface area (Å²) in [5.41, 5.74) is -0.218. The van der Waals surface area contributed by atoms with Crippen LogP contribution < -0.4 is 5.32 Å². The highest BCUT2D eigenvalue weighted by Crippen LogP contribution is 2.37. The SMILES string of the molecule is CNc1sc(S(=O)(=O)N(C)CCSC)cc1[N+](=O)[O-]. The largest absolute Gasteiger partial charge is 0.374 e. The molecule has 0 spiro atoms. The minimum absolute atomic E-state index is 0.0212. The molecule has 0 aliphatic heterocycles. The third-order valence-electron chi connectivity index (χ3n) is 2.39. The van der Waals surface area contributed by atoms with Crippen molar-refractivity contribution in [1.82, 2.24) is 4.31 Å². The number of hydrogen-bond acceptors (Lipinski definition) is 7. The molecule has 1 N–H and O–H groups in total. The Bertz CT molecular complexity index is 555. The van der Waals surface area contributed by atoms with Crippen molar-refractivity contribution in [3.8, 4) is 0 Å². The summed E-state index contributed by atoms with van der Waals surface area (Å²) in [6.45, 7) is 0.365. The van der Waals surface area contributed by atoms with Crippen LogP contribution in [0.1, 0.15) is 0 Å². The van der Waals surface area contributed by atoms with Crippen LogP contribution in [0.4, 0.5) is 10.7 Å². The first-order chi connectivity index (χ1) is 8.84. The van der Waals surface area contributed by atoms with Gasteiger partial charge < -0.3 is 5.32 Å². The highest BCUT2D eigenvalue weighted by Gasteiger charge is 2.28. The standard InChI is InChI=1S/C9H15N3O4S3/c1-10-9-7(12(13)14)6-8(18-9)19(15,16)11(2)4-5-17-3/h6,10H,4-5H2,1-3H3. The molecule has 7 nitrogen and oxygen atoms in total. The van der Waals surface area contributed by atoms with Gasteiger partial charge in [-0.2, -0.15) is 16.1 Å². The molecule has 0 saturated heterocycles. The number of sulfonamides is 1. The molecule has 1 aromatic rings. The zero-order valence-corrected chi connectivity index (χ0v) is 13.2. The summed E-state index contributed by atoms with van der Waals surface area (Å²) in [5.74, 6) is 0.669. The summed E-state index contributed by atoms with van der Waals surface area (Å²) < 4.78 is 25.6. The molecule has 0 radical (unpaired) electrons. The predicted octanol–water partition coefficient (Wildman–Crippen LogP) is 1.68. The average molecular weight is 325 g/mol. The van der Waals surface area contributed by atoms with Crippen LogP contribution in [0.25, 0.3) is 0 Å². The molecule has 108 valence electrons. The number of anilines is 1. The Hall–Kier alpha value is -0.840. The first-order valence-electron chi connectivity index (χ1n) is 5.25. The van der Waals surface area contributed by atoms with Crippen LogP contribution in [0, 0.1) is 10.1 Å². The molecule has 1 aromatic heterocycles. The molecule has 0 unspecified atom stereocenters. The molecular formula is C9H15N3O4S3. The van der Waals surface area contributed by atoms with Crippen molar-refractivity contribution in [2.24, 2.45) is 0 Å². The van der Waals surface area contributed by atoms with Gasteiger partial charge in [0, 0.05) is 32.5 Å². The average Bonchev–Trinajstić information content (AvgIpc) is 2.80. The van der Waals surface area contributed by atoms with E-state index in [-0.39, 0.29) is 14.9 Å². The lowest BCUT2D eigenvalue weighted by molar-refractivity contribution is -0.383. The fraction of sp³-hybridized carbons (Fsp3) is 0.556. The molecule has 0 bridgehead atoms. The second kappa shape index (κ2) is 6.55. The summed E-state index contributed by atoms with van der Waals surface area (Å²) in [4.78, 5) is 10.2. The minimum atomic E-state index is -3.66. The predicted molar refractivity (Wildman–Crippen MR) is 78.7 cm³/mol. The van der Waals surface area contributed by atoms with Gasteiger partial charge in [0.15, 0.2) is 5.00 Å². The number of nitrogens with zero attached hydrogens (tertiary/aromatic N) is 2. The van der Waals surface area contributed by atoms with E-state index in [2.05, 4.69) is 5.32 Å². The molecule has 0 aliphatic rings. The van der Waals surface area contributed by atoms with E-state index < -0.39 is 14.9 Å². The fourth-order valence-corrected chi connectivity index (χ4v) is 4.53. The fourth-order valence-electron chi connectivity index (χ4n) is 1.29. The summed E-state index contributed by atoms with van der Waals surface area (Å²) >= 11 is 2.40. The second-order valence-corrected chi connectivity index (χ2v) is 7.92. The van der Waals surface area contributed by atoms with Crippen molar-refractivity contribution in [1.29, 1.82) is 0 Å². The molecular weight excluding hydrogens is 310 g/mol. The van der Waals surface area contributed by atoms with Gasteiger partial charge in [-0.3, -0.25) is 10.1 Å². The van der Waals surface area contributed by atoms with E-state index in [4.69, 9.17) is 0 Å². The van der Waals surface area contributed by atoms with Crippen LogP contribution in [-0.4, -0.2) is 50.3 Å². The van der Waals surface area contributed by atoms with Gasteiger partial charge in [-0.15, -0.1) is 0 Å². The lowest BCUT2D eigenvalue weighted by Gasteiger charge is -2.14. The van der Waals surface area contributed by atoms with Crippen molar-refractivity contribution >= 4 is 43.8 Å². The molecule has 0 aromatic carbocycles. The van der Waals surface area contributed by atoms with Crippen LogP contribution in [-0.2, 0) is 10.0 Å². The third-order valence-corrected chi connectivity index (χ3v) is 6.43. The van der Waals surface area contributed by atoms with Crippen LogP contribution in [0.3, 0.4) is 0 Å². The maximum Gasteiger partial charge on any atom is 0.304 e. The lowest BCUT2D eigenvalue weighted by Crippen LogP contribution is -2.28. The lowest BCUT2D eigenvalue weighted by atomic mass is 10.5. The molecule has 19 heavy (non-hydrogen) atoms. The maximum absolute atomic E-state index is 12.2. The van der Waals surface area contributed by atoms with Gasteiger partial charge in [0.25, 0.3) is 10.0 Å². The van der Waals surface area contributed by atoms with Gasteiger partial charge in [-0.25, -0.2) is 8.42 Å². The minimum Gasteiger partial charge on any atom is -0.374 e. The third kappa shape index (κ3) is 3.59. The van der Waals surface area contributed by atoms with Gasteiger partial charge in [0.1, 0.15) is 4.21 Å². The van der Waals surface area contributed by atoms with Crippen molar-refractivity contribution in [3.05, 3.63) is 16.2 Å². The molecule has 1 heterocycles. The molecule has 0 atom stereocenters. The first-order valence-corrected chi connectivity index (χ1v) is 8.91. The van der Waals surface area contributed by atoms with Crippen molar-refractivity contribution < 1.29 is 13.3 Å². The summed E-state index contributed by atoms with van der Waals surface area (Å²) in [5, 5.41) is 13.7. The molecule has 0 saturated carbocycles. The number of nitrogens with one attached hydrogen (secondary N) is 1. The maximum atomic E-state index is 12.2. The normalized spacial score (nSPS) is 11.8. The Morgan fingerprint density at radius 1 is 1.58 bits per heavy atom. The van der Waals surface area contributed by atoms with Gasteiger partial charge >= 0.3 is 5.69 Å². The van der Waals surface area contributed by atoms with Gasteiger partial charge in [-0.1, -0.05) is 11.3 Å². The Balaban J connectivity index is 3.11. The second-order valence-electron chi connectivity index (χ2n) is 3.61. The summed E-state index contributed by atoms with van der Waals surface area (Å²) in [6, 6.07) is 1.10. The van der Waals surface area contributed by atoms with E-state index in [1.165, 1.54) is 30.2 Å². The smallest absolute Gasteiger partial charge is 0.304 e. The quantitative estimate of drug-likeness (QED) is 0.605. The van der Waals surface area contributed by atoms with Crippen LogP contribution in [0.5, 0.6) is 0 Å². The number of thioether (sulfide) groups is 1. The van der Waals surface area contributed by atoms with Crippen molar-refractivity contribution in [2.75, 3.05) is 38.0 Å². The number of rotatable bonds is 7. The zero-order valence-electron chi connectivity index (χ0n) is 10.7. The van der Waals surface area contributed by atoms with Crippen molar-refractivity contribution in [3.63, 3.8) is 0 Å². The Morgan fingerprint density at radius 2 is 2.21 bits per heavy atom. The van der Waals surface area contributed by atoms with Crippen LogP contribution in [0.15, 0.2) is 10.3 Å². The molecule has 0 amide bonds. The Morgan fingerprint density at radius 3 is 2.63 bits per heavy atom. The first kappa shape index (κ1) is 16.2. The van der Waals surface area contributed by atoms with Crippen LogP contribution in [0.2, 0.25) is 0 Å². The van der Waals surface area contributed by atoms with Crippen molar-refractivity contribution in [2.45, 2.75) is 4.21 Å². The van der Waals surface area contributed by atoms with E-state index in [9.17, 15) is 18.5 Å². The highest BCUT2D eigenvalue weighted by molar-refractivity contribution is 7.98. The number of thiophene rings is 1. The Labute approximate surface area is 120 Å². The highest BCUT2D eigenvalue weighted by atomic mass is 32.2. The molecule has 0 fully saturated rings. The topological polar surface area (TPSA) is 92.6 Å². The summed E-state index contributed by atoms with van der Waals surface area (Å²) in [6.07, 6.45) is 1.88. The molecule has 10 heteroatoms. The van der Waals surface area contributed by atoms with Crippen LogP contribution >= 0.6 is 23.1 Å². The Kier molecular flexibility index (Phi) is 5.59. The zero-order chi connectivity index (χ0) is 14.6. The van der Waals surface area contributed by atoms with E-state index >= 15 is 0 Å². The molecule has 0 aliphatic carbocycles. The van der Waals surface area contributed by atoms with Gasteiger partial charge in [0.05, 0.1) is 4.92 Å². The monoisotopic (exact) mass is 325 g/mol. The van der Waals surface area contributed by atoms with Gasteiger partial charge in [0.2, 0.25) is 0 Å². The van der Waals surface area contributed by atoms with Gasteiger partial charge in [-0.05, 0) is 6.26 Å².